The van der Waals surface area contributed by atoms with Crippen molar-refractivity contribution >= 4 is 39.1 Å². The van der Waals surface area contributed by atoms with Gasteiger partial charge in [0.1, 0.15) is 4.88 Å². The molecular weight excluding hydrogens is 308 g/mol. The Balaban J connectivity index is 1.93. The molecule has 0 atom stereocenters. The second-order valence-electron chi connectivity index (χ2n) is 2.98. The second-order valence-corrected chi connectivity index (χ2v) is 4.75. The summed E-state index contributed by atoms with van der Waals surface area (Å²) in [5, 5.41) is 1.77. The Morgan fingerprint density at radius 2 is 2.00 bits per heavy atom. The van der Waals surface area contributed by atoms with Crippen LogP contribution in [0.4, 0.5) is 0 Å². The van der Waals surface area contributed by atoms with Crippen LogP contribution in [-0.2, 0) is 0 Å². The third kappa shape index (κ3) is 2.75. The highest BCUT2D eigenvalue weighted by atomic mass is 79.9. The predicted molar refractivity (Wildman–Crippen MR) is 65.7 cm³/mol. The van der Waals surface area contributed by atoms with Gasteiger partial charge >= 0.3 is 5.91 Å². The third-order valence-electron chi connectivity index (χ3n) is 1.86. The summed E-state index contributed by atoms with van der Waals surface area (Å²) in [6.45, 7) is 0. The number of furan rings is 1. The summed E-state index contributed by atoms with van der Waals surface area (Å²) in [5.74, 6) is -0.752. The van der Waals surface area contributed by atoms with E-state index in [9.17, 15) is 9.59 Å². The summed E-state index contributed by atoms with van der Waals surface area (Å²) in [7, 11) is 0. The molecule has 2 aromatic heterocycles. The largest absolute Gasteiger partial charge is 0.459 e. The lowest BCUT2D eigenvalue weighted by atomic mass is 10.4. The maximum absolute atomic E-state index is 11.6. The van der Waals surface area contributed by atoms with Gasteiger partial charge in [0, 0.05) is 4.47 Å². The van der Waals surface area contributed by atoms with E-state index >= 15 is 0 Å². The average molecular weight is 315 g/mol. The van der Waals surface area contributed by atoms with Gasteiger partial charge in [-0.2, -0.15) is 0 Å². The van der Waals surface area contributed by atoms with Gasteiger partial charge < -0.3 is 4.42 Å². The quantitative estimate of drug-likeness (QED) is 0.835. The second kappa shape index (κ2) is 5.15. The van der Waals surface area contributed by atoms with E-state index < -0.39 is 5.91 Å². The van der Waals surface area contributed by atoms with Crippen molar-refractivity contribution in [1.82, 2.24) is 10.9 Å². The van der Waals surface area contributed by atoms with Gasteiger partial charge in [0.25, 0.3) is 5.91 Å². The van der Waals surface area contributed by atoms with E-state index in [1.807, 2.05) is 0 Å². The van der Waals surface area contributed by atoms with Crippen LogP contribution in [0, 0.1) is 0 Å². The van der Waals surface area contributed by atoms with Gasteiger partial charge in [-0.05, 0) is 39.5 Å². The molecule has 0 aliphatic rings. The molecule has 7 heteroatoms. The first-order valence-electron chi connectivity index (χ1n) is 4.55. The molecule has 0 unspecified atom stereocenters. The molecule has 17 heavy (non-hydrogen) atoms. The first-order chi connectivity index (χ1) is 8.18. The molecule has 2 aromatic rings. The number of hydrogen-bond donors (Lipinski definition) is 2. The highest BCUT2D eigenvalue weighted by Crippen LogP contribution is 2.21. The predicted octanol–water partition coefficient (Wildman–Crippen LogP) is 2.18. The van der Waals surface area contributed by atoms with Crippen LogP contribution in [0.1, 0.15) is 20.2 Å². The van der Waals surface area contributed by atoms with Crippen LogP contribution in [0.15, 0.2) is 38.7 Å². The van der Waals surface area contributed by atoms with Crippen molar-refractivity contribution in [3.8, 4) is 0 Å². The van der Waals surface area contributed by atoms with Crippen LogP contribution in [0.3, 0.4) is 0 Å². The summed E-state index contributed by atoms with van der Waals surface area (Å²) < 4.78 is 5.56. The van der Waals surface area contributed by atoms with E-state index in [2.05, 4.69) is 26.8 Å². The van der Waals surface area contributed by atoms with Gasteiger partial charge in [-0.25, -0.2) is 0 Å². The highest BCUT2D eigenvalue weighted by molar-refractivity contribution is 9.10. The lowest BCUT2D eigenvalue weighted by Crippen LogP contribution is -2.41. The van der Waals surface area contributed by atoms with Crippen LogP contribution < -0.4 is 10.9 Å². The summed E-state index contributed by atoms with van der Waals surface area (Å²) in [5.41, 5.74) is 4.55. The molecule has 2 heterocycles. The van der Waals surface area contributed by atoms with Crippen molar-refractivity contribution in [2.45, 2.75) is 0 Å². The molecule has 0 aliphatic carbocycles. The lowest BCUT2D eigenvalue weighted by Gasteiger charge is -2.04. The van der Waals surface area contributed by atoms with Gasteiger partial charge in [0.2, 0.25) is 0 Å². The number of carbonyl (C=O) groups is 2. The van der Waals surface area contributed by atoms with Crippen molar-refractivity contribution in [3.05, 3.63) is 45.0 Å². The van der Waals surface area contributed by atoms with E-state index in [1.165, 1.54) is 23.7 Å². The molecule has 0 fully saturated rings. The molecule has 2 N–H and O–H groups in total. The van der Waals surface area contributed by atoms with E-state index in [0.29, 0.717) is 9.35 Å². The Bertz CT molecular complexity index is 536. The molecule has 2 rings (SSSR count). The number of amides is 2. The maximum atomic E-state index is 11.6. The molecule has 0 aromatic carbocycles. The van der Waals surface area contributed by atoms with Crippen LogP contribution in [-0.4, -0.2) is 11.8 Å². The molecule has 0 aliphatic heterocycles. The van der Waals surface area contributed by atoms with Gasteiger partial charge in [0.15, 0.2) is 5.76 Å². The maximum Gasteiger partial charge on any atom is 0.305 e. The molecule has 0 saturated heterocycles. The minimum Gasteiger partial charge on any atom is -0.459 e. The van der Waals surface area contributed by atoms with Crippen LogP contribution >= 0.6 is 27.3 Å². The van der Waals surface area contributed by atoms with Gasteiger partial charge in [-0.1, -0.05) is 0 Å². The van der Waals surface area contributed by atoms with E-state index in [-0.39, 0.29) is 11.7 Å². The molecule has 2 amide bonds. The fraction of sp³-hybridized carbons (Fsp3) is 0. The Kier molecular flexibility index (Phi) is 3.60. The first kappa shape index (κ1) is 11.9. The fourth-order valence-electron chi connectivity index (χ4n) is 1.10. The first-order valence-corrected chi connectivity index (χ1v) is 6.23. The number of carbonyl (C=O) groups excluding carboxylic acids is 2. The average Bonchev–Trinajstić information content (AvgIpc) is 2.95. The summed E-state index contributed by atoms with van der Waals surface area (Å²) in [6, 6.07) is 4.85. The highest BCUT2D eigenvalue weighted by Gasteiger charge is 2.13. The Hall–Kier alpha value is -1.60. The zero-order valence-electron chi connectivity index (χ0n) is 8.40. The van der Waals surface area contributed by atoms with Crippen molar-refractivity contribution in [3.63, 3.8) is 0 Å². The fourth-order valence-corrected chi connectivity index (χ4v) is 2.54. The zero-order valence-corrected chi connectivity index (χ0v) is 10.8. The zero-order chi connectivity index (χ0) is 12.3. The Morgan fingerprint density at radius 3 is 2.59 bits per heavy atom. The smallest absolute Gasteiger partial charge is 0.305 e. The Morgan fingerprint density at radius 1 is 1.24 bits per heavy atom. The molecule has 0 saturated carbocycles. The minimum atomic E-state index is -0.504. The molecule has 0 bridgehead atoms. The summed E-state index contributed by atoms with van der Waals surface area (Å²) >= 11 is 4.50. The van der Waals surface area contributed by atoms with E-state index in [1.54, 1.807) is 17.5 Å². The van der Waals surface area contributed by atoms with Gasteiger partial charge in [0.05, 0.1) is 6.26 Å². The molecule has 0 spiro atoms. The summed E-state index contributed by atoms with van der Waals surface area (Å²) in [6.07, 6.45) is 1.38. The number of hydrazine groups is 1. The number of rotatable bonds is 2. The monoisotopic (exact) mass is 314 g/mol. The van der Waals surface area contributed by atoms with Gasteiger partial charge in [-0.3, -0.25) is 20.4 Å². The van der Waals surface area contributed by atoms with E-state index in [0.717, 1.165) is 0 Å². The molecular formula is C10H7BrN2O3S. The lowest BCUT2D eigenvalue weighted by molar-refractivity contribution is 0.0832. The summed E-state index contributed by atoms with van der Waals surface area (Å²) in [4.78, 5) is 23.6. The van der Waals surface area contributed by atoms with Gasteiger partial charge in [-0.15, -0.1) is 11.3 Å². The normalized spacial score (nSPS) is 9.94. The van der Waals surface area contributed by atoms with Crippen LogP contribution in [0.5, 0.6) is 0 Å². The third-order valence-corrected chi connectivity index (χ3v) is 3.69. The minimum absolute atomic E-state index is 0.135. The van der Waals surface area contributed by atoms with Crippen molar-refractivity contribution in [2.75, 3.05) is 0 Å². The van der Waals surface area contributed by atoms with Crippen molar-refractivity contribution in [2.24, 2.45) is 0 Å². The Labute approximate surface area is 109 Å². The standard InChI is InChI=1S/C10H7BrN2O3S/c11-6-3-5-17-8(6)10(15)13-12-9(14)7-2-1-4-16-7/h1-5H,(H,12,14)(H,13,15). The van der Waals surface area contributed by atoms with Crippen LogP contribution in [0.25, 0.3) is 0 Å². The number of nitrogens with one attached hydrogen (secondary N) is 2. The SMILES string of the molecule is O=C(NNC(=O)c1sccc1Br)c1ccco1. The van der Waals surface area contributed by atoms with E-state index in [4.69, 9.17) is 4.42 Å². The van der Waals surface area contributed by atoms with Crippen LogP contribution in [0.2, 0.25) is 0 Å². The molecule has 0 radical (unpaired) electrons. The molecule has 5 nitrogen and oxygen atoms in total. The van der Waals surface area contributed by atoms with Crippen molar-refractivity contribution < 1.29 is 14.0 Å². The topological polar surface area (TPSA) is 71.3 Å². The number of thiophene rings is 1. The number of halogens is 1. The van der Waals surface area contributed by atoms with Crippen molar-refractivity contribution in [1.29, 1.82) is 0 Å². The molecule has 88 valence electrons. The number of hydrogen-bond acceptors (Lipinski definition) is 4.